The van der Waals surface area contributed by atoms with Crippen molar-refractivity contribution in [2.45, 2.75) is 5.88 Å². The van der Waals surface area contributed by atoms with Gasteiger partial charge in [-0.1, -0.05) is 22.8 Å². The number of carbonyl (C=O) groups excluding carboxylic acids is 1. The molecule has 0 aliphatic carbocycles. The van der Waals surface area contributed by atoms with E-state index < -0.39 is 11.8 Å². The van der Waals surface area contributed by atoms with E-state index in [9.17, 15) is 9.18 Å². The highest BCUT2D eigenvalue weighted by Gasteiger charge is 2.27. The predicted molar refractivity (Wildman–Crippen MR) is 67.8 cm³/mol. The summed E-state index contributed by atoms with van der Waals surface area (Å²) >= 11 is 11.6. The van der Waals surface area contributed by atoms with E-state index in [1.54, 1.807) is 0 Å². The number of nitrogens with zero attached hydrogens (tertiary/aromatic N) is 1. The molecule has 0 saturated carbocycles. The molecular formula is C12H8Cl2FNO3. The minimum Gasteiger partial charge on any atom is -0.465 e. The standard InChI is InChI=1S/C12H8Cl2FNO3/c1-18-12(17)10-8(5-13)19-16-11(10)9-6(14)3-2-4-7(9)15/h2-4H,5H2,1H3. The molecule has 0 amide bonds. The summed E-state index contributed by atoms with van der Waals surface area (Å²) in [5.74, 6) is -1.33. The maximum atomic E-state index is 13.8. The molecule has 0 spiro atoms. The van der Waals surface area contributed by atoms with Gasteiger partial charge in [-0.15, -0.1) is 11.6 Å². The number of benzene rings is 1. The van der Waals surface area contributed by atoms with Gasteiger partial charge < -0.3 is 9.26 Å². The Hall–Kier alpha value is -1.59. The summed E-state index contributed by atoms with van der Waals surface area (Å²) in [4.78, 5) is 11.7. The predicted octanol–water partition coefficient (Wildman–Crippen LogP) is 3.66. The molecule has 0 fully saturated rings. The Bertz CT molecular complexity index is 607. The molecule has 2 rings (SSSR count). The minimum atomic E-state index is -0.716. The number of aromatic nitrogens is 1. The summed E-state index contributed by atoms with van der Waals surface area (Å²) in [5.41, 5.74) is -0.0696. The third kappa shape index (κ3) is 2.43. The van der Waals surface area contributed by atoms with Crippen molar-refractivity contribution in [3.63, 3.8) is 0 Å². The van der Waals surface area contributed by atoms with Crippen molar-refractivity contribution in [2.75, 3.05) is 7.11 Å². The highest BCUT2D eigenvalue weighted by molar-refractivity contribution is 6.33. The molecule has 0 aliphatic heterocycles. The Morgan fingerprint density at radius 1 is 1.53 bits per heavy atom. The Kier molecular flexibility index (Phi) is 4.07. The second-order valence-corrected chi connectivity index (χ2v) is 4.23. The SMILES string of the molecule is COC(=O)c1c(-c2c(F)cccc2Cl)noc1CCl. The van der Waals surface area contributed by atoms with Gasteiger partial charge >= 0.3 is 5.97 Å². The summed E-state index contributed by atoms with van der Waals surface area (Å²) in [6.45, 7) is 0. The summed E-state index contributed by atoms with van der Waals surface area (Å²) in [7, 11) is 1.19. The fraction of sp³-hybridized carbons (Fsp3) is 0.167. The summed E-state index contributed by atoms with van der Waals surface area (Å²) in [5, 5.41) is 3.77. The molecular weight excluding hydrogens is 296 g/mol. The molecule has 100 valence electrons. The molecule has 1 aromatic carbocycles. The van der Waals surface area contributed by atoms with Gasteiger partial charge in [0.05, 0.1) is 23.6 Å². The van der Waals surface area contributed by atoms with Gasteiger partial charge in [-0.2, -0.15) is 0 Å². The van der Waals surface area contributed by atoms with Crippen LogP contribution in [0.15, 0.2) is 22.7 Å². The van der Waals surface area contributed by atoms with Crippen molar-refractivity contribution >= 4 is 29.2 Å². The topological polar surface area (TPSA) is 52.3 Å². The highest BCUT2D eigenvalue weighted by atomic mass is 35.5. The monoisotopic (exact) mass is 303 g/mol. The van der Waals surface area contributed by atoms with Gasteiger partial charge in [-0.3, -0.25) is 0 Å². The second kappa shape index (κ2) is 5.59. The van der Waals surface area contributed by atoms with Crippen molar-refractivity contribution in [2.24, 2.45) is 0 Å². The van der Waals surface area contributed by atoms with Gasteiger partial charge in [0, 0.05) is 0 Å². The average molecular weight is 304 g/mol. The van der Waals surface area contributed by atoms with E-state index in [1.165, 1.54) is 25.3 Å². The van der Waals surface area contributed by atoms with Gasteiger partial charge in [0.1, 0.15) is 17.1 Å². The molecule has 0 atom stereocenters. The van der Waals surface area contributed by atoms with Gasteiger partial charge in [0.25, 0.3) is 0 Å². The normalized spacial score (nSPS) is 10.5. The van der Waals surface area contributed by atoms with E-state index >= 15 is 0 Å². The van der Waals surface area contributed by atoms with E-state index in [4.69, 9.17) is 27.7 Å². The first kappa shape index (κ1) is 13.8. The molecule has 19 heavy (non-hydrogen) atoms. The number of esters is 1. The molecule has 0 radical (unpaired) electrons. The maximum Gasteiger partial charge on any atom is 0.343 e. The van der Waals surface area contributed by atoms with Crippen LogP contribution in [0.5, 0.6) is 0 Å². The van der Waals surface area contributed by atoms with Crippen molar-refractivity contribution in [3.05, 3.63) is 40.4 Å². The van der Waals surface area contributed by atoms with Crippen LogP contribution in [0.2, 0.25) is 5.02 Å². The number of ether oxygens (including phenoxy) is 1. The zero-order valence-corrected chi connectivity index (χ0v) is 11.3. The van der Waals surface area contributed by atoms with Crippen LogP contribution in [0.1, 0.15) is 16.1 Å². The quantitative estimate of drug-likeness (QED) is 0.641. The average Bonchev–Trinajstić information content (AvgIpc) is 2.81. The van der Waals surface area contributed by atoms with Crippen molar-refractivity contribution in [1.82, 2.24) is 5.16 Å². The van der Waals surface area contributed by atoms with Crippen LogP contribution in [0.4, 0.5) is 4.39 Å². The zero-order chi connectivity index (χ0) is 14.0. The number of methoxy groups -OCH3 is 1. The summed E-state index contributed by atoms with van der Waals surface area (Å²) in [6, 6.07) is 4.13. The fourth-order valence-electron chi connectivity index (χ4n) is 1.62. The molecule has 0 N–H and O–H groups in total. The van der Waals surface area contributed by atoms with Crippen LogP contribution in [-0.2, 0) is 10.6 Å². The lowest BCUT2D eigenvalue weighted by Gasteiger charge is -2.04. The minimum absolute atomic E-state index is 0.0226. The lowest BCUT2D eigenvalue weighted by atomic mass is 10.1. The smallest absolute Gasteiger partial charge is 0.343 e. The molecule has 0 unspecified atom stereocenters. The molecule has 0 saturated heterocycles. The molecule has 1 heterocycles. The zero-order valence-electron chi connectivity index (χ0n) is 9.75. The molecule has 7 heteroatoms. The van der Waals surface area contributed by atoms with Crippen molar-refractivity contribution in [1.29, 1.82) is 0 Å². The van der Waals surface area contributed by atoms with Crippen molar-refractivity contribution < 1.29 is 18.4 Å². The second-order valence-electron chi connectivity index (χ2n) is 3.55. The highest BCUT2D eigenvalue weighted by Crippen LogP contribution is 2.34. The van der Waals surface area contributed by atoms with E-state index in [-0.39, 0.29) is 33.5 Å². The number of carbonyl (C=O) groups is 1. The first-order valence-electron chi connectivity index (χ1n) is 5.17. The molecule has 1 aromatic heterocycles. The van der Waals surface area contributed by atoms with Crippen LogP contribution in [0.3, 0.4) is 0 Å². The van der Waals surface area contributed by atoms with E-state index in [0.29, 0.717) is 0 Å². The third-order valence-electron chi connectivity index (χ3n) is 2.47. The first-order chi connectivity index (χ1) is 9.10. The number of rotatable bonds is 3. The molecule has 0 bridgehead atoms. The van der Waals surface area contributed by atoms with Gasteiger partial charge in [-0.25, -0.2) is 9.18 Å². The number of hydrogen-bond acceptors (Lipinski definition) is 4. The number of alkyl halides is 1. The van der Waals surface area contributed by atoms with Crippen molar-refractivity contribution in [3.8, 4) is 11.3 Å². The summed E-state index contributed by atoms with van der Waals surface area (Å²) in [6.07, 6.45) is 0. The third-order valence-corrected chi connectivity index (χ3v) is 3.03. The molecule has 0 aliphatic rings. The lowest BCUT2D eigenvalue weighted by Crippen LogP contribution is -2.05. The van der Waals surface area contributed by atoms with Crippen LogP contribution in [0.25, 0.3) is 11.3 Å². The Balaban J connectivity index is 2.69. The van der Waals surface area contributed by atoms with Gasteiger partial charge in [-0.05, 0) is 12.1 Å². The summed E-state index contributed by atoms with van der Waals surface area (Å²) < 4.78 is 23.4. The lowest BCUT2D eigenvalue weighted by molar-refractivity contribution is 0.0599. The fourth-order valence-corrected chi connectivity index (χ4v) is 2.06. The first-order valence-corrected chi connectivity index (χ1v) is 6.08. The maximum absolute atomic E-state index is 13.8. The Morgan fingerprint density at radius 3 is 2.84 bits per heavy atom. The van der Waals surface area contributed by atoms with E-state index in [0.717, 1.165) is 0 Å². The number of hydrogen-bond donors (Lipinski definition) is 0. The van der Waals surface area contributed by atoms with Crippen LogP contribution < -0.4 is 0 Å². The Morgan fingerprint density at radius 2 is 2.26 bits per heavy atom. The molecule has 4 nitrogen and oxygen atoms in total. The van der Waals surface area contributed by atoms with E-state index in [1.807, 2.05) is 0 Å². The van der Waals surface area contributed by atoms with Gasteiger partial charge in [0.2, 0.25) is 0 Å². The largest absolute Gasteiger partial charge is 0.465 e. The van der Waals surface area contributed by atoms with Crippen LogP contribution in [-0.4, -0.2) is 18.2 Å². The number of halogens is 3. The van der Waals surface area contributed by atoms with Crippen LogP contribution in [0, 0.1) is 5.82 Å². The van der Waals surface area contributed by atoms with Gasteiger partial charge in [0.15, 0.2) is 5.76 Å². The molecule has 2 aromatic rings. The van der Waals surface area contributed by atoms with Crippen LogP contribution >= 0.6 is 23.2 Å². The Labute approximate surface area is 118 Å². The van der Waals surface area contributed by atoms with E-state index in [2.05, 4.69) is 9.89 Å².